The average molecular weight is 359 g/mol. The first kappa shape index (κ1) is 18.9. The third-order valence-corrected chi connectivity index (χ3v) is 4.48. The Bertz CT molecular complexity index is 692. The number of aryl methyl sites for hydroxylation is 1. The summed E-state index contributed by atoms with van der Waals surface area (Å²) < 4.78 is 41.2. The van der Waals surface area contributed by atoms with Crippen LogP contribution < -0.4 is 5.32 Å². The molecule has 1 aromatic heterocycles. The minimum absolute atomic E-state index is 0. The molecule has 132 valence electrons. The maximum Gasteiger partial charge on any atom is 0.416 e. The average Bonchev–Trinajstić information content (AvgIpc) is 2.91. The lowest BCUT2D eigenvalue weighted by atomic mass is 9.98. The van der Waals surface area contributed by atoms with Gasteiger partial charge in [0.25, 0.3) is 0 Å². The Morgan fingerprint density at radius 2 is 1.88 bits per heavy atom. The van der Waals surface area contributed by atoms with E-state index in [1.807, 2.05) is 7.05 Å². The second-order valence-corrected chi connectivity index (χ2v) is 6.04. The normalized spacial score (nSPS) is 14.2. The molecule has 1 heterocycles. The summed E-state index contributed by atoms with van der Waals surface area (Å²) >= 11 is 0. The topological polar surface area (TPSA) is 17.0 Å². The van der Waals surface area contributed by atoms with E-state index in [2.05, 4.69) is 16.0 Å². The van der Waals surface area contributed by atoms with Gasteiger partial charge < -0.3 is 9.88 Å². The van der Waals surface area contributed by atoms with Crippen molar-refractivity contribution in [2.45, 2.75) is 38.4 Å². The number of aromatic nitrogens is 1. The molecule has 0 saturated carbocycles. The van der Waals surface area contributed by atoms with Crippen LogP contribution in [0.4, 0.5) is 13.2 Å². The van der Waals surface area contributed by atoms with Crippen LogP contribution in [0.2, 0.25) is 0 Å². The fourth-order valence-electron chi connectivity index (χ4n) is 3.34. The summed E-state index contributed by atoms with van der Waals surface area (Å²) in [6.45, 7) is 1.57. The SMILES string of the molecule is CNCCn1c(-c2cccc(C(F)(F)F)c2)cc2c1CCCC2.Cl. The summed E-state index contributed by atoms with van der Waals surface area (Å²) in [6.07, 6.45) is 0.0353. The van der Waals surface area contributed by atoms with E-state index >= 15 is 0 Å². The second-order valence-electron chi connectivity index (χ2n) is 6.04. The highest BCUT2D eigenvalue weighted by atomic mass is 35.5. The summed E-state index contributed by atoms with van der Waals surface area (Å²) in [7, 11) is 1.89. The van der Waals surface area contributed by atoms with Crippen LogP contribution in [0.5, 0.6) is 0 Å². The van der Waals surface area contributed by atoms with Gasteiger partial charge in [-0.05, 0) is 62.1 Å². The van der Waals surface area contributed by atoms with Crippen molar-refractivity contribution in [2.24, 2.45) is 0 Å². The quantitative estimate of drug-likeness (QED) is 0.838. The summed E-state index contributed by atoms with van der Waals surface area (Å²) in [5, 5.41) is 3.13. The van der Waals surface area contributed by atoms with Crippen LogP contribution in [0.15, 0.2) is 30.3 Å². The van der Waals surface area contributed by atoms with Crippen molar-refractivity contribution >= 4 is 12.4 Å². The van der Waals surface area contributed by atoms with Crippen molar-refractivity contribution in [2.75, 3.05) is 13.6 Å². The molecule has 24 heavy (non-hydrogen) atoms. The van der Waals surface area contributed by atoms with Gasteiger partial charge in [-0.25, -0.2) is 0 Å². The highest BCUT2D eigenvalue weighted by Crippen LogP contribution is 2.35. The van der Waals surface area contributed by atoms with Gasteiger partial charge in [0.2, 0.25) is 0 Å². The van der Waals surface area contributed by atoms with E-state index in [1.54, 1.807) is 6.07 Å². The Morgan fingerprint density at radius 1 is 1.12 bits per heavy atom. The summed E-state index contributed by atoms with van der Waals surface area (Å²) in [6, 6.07) is 7.74. The summed E-state index contributed by atoms with van der Waals surface area (Å²) in [5.41, 5.74) is 3.54. The van der Waals surface area contributed by atoms with Crippen molar-refractivity contribution in [3.05, 3.63) is 47.2 Å². The lowest BCUT2D eigenvalue weighted by Gasteiger charge is -2.17. The first-order chi connectivity index (χ1) is 11.0. The molecule has 0 amide bonds. The summed E-state index contributed by atoms with van der Waals surface area (Å²) in [4.78, 5) is 0. The predicted octanol–water partition coefficient (Wildman–Crippen LogP) is 4.69. The zero-order valence-corrected chi connectivity index (χ0v) is 14.4. The third-order valence-electron chi connectivity index (χ3n) is 4.48. The van der Waals surface area contributed by atoms with E-state index in [-0.39, 0.29) is 12.4 Å². The first-order valence-corrected chi connectivity index (χ1v) is 8.04. The largest absolute Gasteiger partial charge is 0.416 e. The van der Waals surface area contributed by atoms with E-state index in [0.717, 1.165) is 50.5 Å². The number of hydrogen-bond donors (Lipinski definition) is 1. The smallest absolute Gasteiger partial charge is 0.343 e. The van der Waals surface area contributed by atoms with Gasteiger partial charge in [0, 0.05) is 24.5 Å². The number of benzene rings is 1. The Morgan fingerprint density at radius 3 is 2.58 bits per heavy atom. The fraction of sp³-hybridized carbons (Fsp3) is 0.444. The molecule has 3 rings (SSSR count). The van der Waals surface area contributed by atoms with Gasteiger partial charge in [-0.15, -0.1) is 12.4 Å². The van der Waals surface area contributed by atoms with Crippen LogP contribution in [0.3, 0.4) is 0 Å². The minimum atomic E-state index is -4.31. The van der Waals surface area contributed by atoms with E-state index in [1.165, 1.54) is 23.4 Å². The number of hydrogen-bond acceptors (Lipinski definition) is 1. The van der Waals surface area contributed by atoms with Crippen molar-refractivity contribution in [1.82, 2.24) is 9.88 Å². The molecule has 0 unspecified atom stereocenters. The number of halogens is 4. The second kappa shape index (κ2) is 7.62. The lowest BCUT2D eigenvalue weighted by molar-refractivity contribution is -0.137. The van der Waals surface area contributed by atoms with Crippen molar-refractivity contribution < 1.29 is 13.2 Å². The van der Waals surface area contributed by atoms with E-state index < -0.39 is 11.7 Å². The number of nitrogens with zero attached hydrogens (tertiary/aromatic N) is 1. The number of rotatable bonds is 4. The van der Waals surface area contributed by atoms with Crippen molar-refractivity contribution in [3.63, 3.8) is 0 Å². The molecule has 0 atom stereocenters. The zero-order valence-electron chi connectivity index (χ0n) is 13.6. The third kappa shape index (κ3) is 3.78. The molecule has 2 aromatic rings. The monoisotopic (exact) mass is 358 g/mol. The van der Waals surface area contributed by atoms with Gasteiger partial charge in [-0.2, -0.15) is 13.2 Å². The molecule has 1 aromatic carbocycles. The molecule has 0 radical (unpaired) electrons. The molecule has 0 aliphatic heterocycles. The van der Waals surface area contributed by atoms with Crippen LogP contribution in [-0.2, 0) is 25.6 Å². The molecule has 0 saturated heterocycles. The molecular formula is C18H22ClF3N2. The Hall–Kier alpha value is -1.46. The molecule has 1 aliphatic rings. The molecule has 2 nitrogen and oxygen atoms in total. The molecule has 1 aliphatic carbocycles. The van der Waals surface area contributed by atoms with Crippen molar-refractivity contribution in [3.8, 4) is 11.3 Å². The maximum atomic E-state index is 13.0. The van der Waals surface area contributed by atoms with Crippen LogP contribution in [0.1, 0.15) is 29.7 Å². The standard InChI is InChI=1S/C18H21F3N2.ClH/c1-22-9-10-23-16-8-3-2-5-14(16)12-17(23)13-6-4-7-15(11-13)18(19,20)21;/h4,6-7,11-12,22H,2-3,5,8-10H2,1H3;1H. The van der Waals surface area contributed by atoms with Gasteiger partial charge in [-0.1, -0.05) is 12.1 Å². The van der Waals surface area contributed by atoms with Gasteiger partial charge in [0.1, 0.15) is 0 Å². The Balaban J connectivity index is 0.00000208. The predicted molar refractivity (Wildman–Crippen MR) is 92.7 cm³/mol. The van der Waals surface area contributed by atoms with Crippen molar-refractivity contribution in [1.29, 1.82) is 0 Å². The van der Waals surface area contributed by atoms with E-state index in [4.69, 9.17) is 0 Å². The fourth-order valence-corrected chi connectivity index (χ4v) is 3.34. The maximum absolute atomic E-state index is 13.0. The minimum Gasteiger partial charge on any atom is -0.343 e. The number of likely N-dealkylation sites (N-methyl/N-ethyl adjacent to an activating group) is 1. The highest BCUT2D eigenvalue weighted by Gasteiger charge is 2.31. The number of nitrogens with one attached hydrogen (secondary N) is 1. The summed E-state index contributed by atoms with van der Waals surface area (Å²) in [5.74, 6) is 0. The molecule has 0 bridgehead atoms. The van der Waals surface area contributed by atoms with Crippen LogP contribution in [0, 0.1) is 0 Å². The molecule has 0 fully saturated rings. The number of fused-ring (bicyclic) bond motifs is 1. The molecule has 6 heteroatoms. The molecule has 1 N–H and O–H groups in total. The van der Waals surface area contributed by atoms with Gasteiger partial charge in [0.05, 0.1) is 5.56 Å². The lowest BCUT2D eigenvalue weighted by Crippen LogP contribution is -2.18. The van der Waals surface area contributed by atoms with Crippen LogP contribution >= 0.6 is 12.4 Å². The Kier molecular flexibility index (Phi) is 5.99. The van der Waals surface area contributed by atoms with Crippen LogP contribution in [-0.4, -0.2) is 18.2 Å². The molecular weight excluding hydrogens is 337 g/mol. The molecule has 0 spiro atoms. The zero-order chi connectivity index (χ0) is 16.4. The van der Waals surface area contributed by atoms with E-state index in [9.17, 15) is 13.2 Å². The number of alkyl halides is 3. The van der Waals surface area contributed by atoms with Gasteiger partial charge in [0.15, 0.2) is 0 Å². The van der Waals surface area contributed by atoms with Crippen LogP contribution in [0.25, 0.3) is 11.3 Å². The first-order valence-electron chi connectivity index (χ1n) is 8.04. The Labute approximate surface area is 146 Å². The highest BCUT2D eigenvalue weighted by molar-refractivity contribution is 5.85. The van der Waals surface area contributed by atoms with Gasteiger partial charge >= 0.3 is 6.18 Å². The van der Waals surface area contributed by atoms with Gasteiger partial charge in [-0.3, -0.25) is 0 Å². The van der Waals surface area contributed by atoms with E-state index in [0.29, 0.717) is 5.56 Å².